The minimum Gasteiger partial charge on any atom is -0.277 e. The first-order valence-electron chi connectivity index (χ1n) is 8.75. The summed E-state index contributed by atoms with van der Waals surface area (Å²) in [5.41, 5.74) is 3.45. The summed E-state index contributed by atoms with van der Waals surface area (Å²) >= 11 is 0. The Morgan fingerprint density at radius 2 is 1.68 bits per heavy atom. The van der Waals surface area contributed by atoms with Crippen LogP contribution in [0.15, 0.2) is 53.4 Å². The number of hydrazine groups is 1. The molecule has 0 aliphatic heterocycles. The van der Waals surface area contributed by atoms with Gasteiger partial charge in [-0.05, 0) is 36.5 Å². The normalized spacial score (nSPS) is 12.6. The van der Waals surface area contributed by atoms with Crippen LogP contribution in [0.4, 0.5) is 5.69 Å². The van der Waals surface area contributed by atoms with E-state index in [1.807, 2.05) is 29.1 Å². The third kappa shape index (κ3) is 5.37. The van der Waals surface area contributed by atoms with Crippen molar-refractivity contribution in [3.05, 3.63) is 69.8 Å². The molecule has 2 rings (SSSR count). The molecule has 0 aliphatic carbocycles. The first-order chi connectivity index (χ1) is 13.1. The van der Waals surface area contributed by atoms with Crippen LogP contribution in [0, 0.1) is 16.0 Å². The van der Waals surface area contributed by atoms with Gasteiger partial charge >= 0.3 is 0 Å². The number of nitro benzene ring substituents is 1. The van der Waals surface area contributed by atoms with E-state index in [2.05, 4.69) is 19.3 Å². The summed E-state index contributed by atoms with van der Waals surface area (Å²) in [5, 5.41) is 11.0. The van der Waals surface area contributed by atoms with E-state index in [1.165, 1.54) is 12.1 Å². The summed E-state index contributed by atoms with van der Waals surface area (Å²) in [5.74, 6) is -0.664. The summed E-state index contributed by atoms with van der Waals surface area (Å²) in [4.78, 5) is 24.0. The van der Waals surface area contributed by atoms with Crippen LogP contribution in [0.1, 0.15) is 37.8 Å². The molecular formula is C19H23N3O5S. The molecule has 0 spiro atoms. The Bertz CT molecular complexity index is 956. The number of amides is 1. The molecule has 1 atom stereocenters. The van der Waals surface area contributed by atoms with E-state index in [1.54, 1.807) is 6.92 Å². The van der Waals surface area contributed by atoms with E-state index < -0.39 is 37.4 Å². The number of carbonyl (C=O) groups excluding carboxylic acids is 1. The van der Waals surface area contributed by atoms with Gasteiger partial charge in [-0.3, -0.25) is 20.3 Å². The Kier molecular flexibility index (Phi) is 6.87. The van der Waals surface area contributed by atoms with E-state index in [0.29, 0.717) is 5.92 Å². The van der Waals surface area contributed by atoms with Gasteiger partial charge in [0.1, 0.15) is 0 Å². The fraction of sp³-hybridized carbons (Fsp3) is 0.316. The topological polar surface area (TPSA) is 118 Å². The lowest BCUT2D eigenvalue weighted by Gasteiger charge is -2.14. The molecule has 0 radical (unpaired) electrons. The monoisotopic (exact) mass is 405 g/mol. The number of carbonyl (C=O) groups is 1. The van der Waals surface area contributed by atoms with E-state index >= 15 is 0 Å². The zero-order valence-corrected chi connectivity index (χ0v) is 16.7. The molecule has 2 aromatic rings. The van der Waals surface area contributed by atoms with Gasteiger partial charge in [-0.15, -0.1) is 4.83 Å². The van der Waals surface area contributed by atoms with Gasteiger partial charge in [0.05, 0.1) is 10.8 Å². The van der Waals surface area contributed by atoms with Crippen LogP contribution >= 0.6 is 0 Å². The number of hydrogen-bond acceptors (Lipinski definition) is 5. The van der Waals surface area contributed by atoms with Crippen LogP contribution in [0.25, 0.3) is 0 Å². The summed E-state index contributed by atoms with van der Waals surface area (Å²) in [7, 11) is -4.29. The van der Waals surface area contributed by atoms with Crippen molar-refractivity contribution in [1.29, 1.82) is 0 Å². The Balaban J connectivity index is 2.07. The average Bonchev–Trinajstić information content (AvgIpc) is 2.65. The number of nitro groups is 1. The molecule has 0 aromatic heterocycles. The second kappa shape index (κ2) is 8.94. The highest BCUT2D eigenvalue weighted by Gasteiger charge is 2.26. The molecule has 8 nitrogen and oxygen atoms in total. The number of para-hydroxylation sites is 1. The maximum absolute atomic E-state index is 12.3. The average molecular weight is 405 g/mol. The van der Waals surface area contributed by atoms with Gasteiger partial charge in [0, 0.05) is 6.07 Å². The third-order valence-corrected chi connectivity index (χ3v) is 5.47. The minimum absolute atomic E-state index is 0.517. The maximum Gasteiger partial charge on any atom is 0.289 e. The van der Waals surface area contributed by atoms with Crippen LogP contribution in [0.2, 0.25) is 0 Å². The number of benzene rings is 2. The molecule has 1 unspecified atom stereocenters. The Hall–Kier alpha value is -2.78. The summed E-state index contributed by atoms with van der Waals surface area (Å²) in [6, 6.07) is 12.5. The van der Waals surface area contributed by atoms with Crippen molar-refractivity contribution in [2.45, 2.75) is 38.0 Å². The molecule has 2 aromatic carbocycles. The molecule has 2 N–H and O–H groups in total. The fourth-order valence-electron chi connectivity index (χ4n) is 2.68. The maximum atomic E-state index is 12.3. The largest absolute Gasteiger partial charge is 0.289 e. The van der Waals surface area contributed by atoms with Gasteiger partial charge < -0.3 is 0 Å². The van der Waals surface area contributed by atoms with Crippen LogP contribution in [0.5, 0.6) is 0 Å². The number of rotatable bonds is 8. The molecule has 0 saturated heterocycles. The standard InChI is InChI=1S/C19H23N3O5S/c1-13(2)12-15-8-10-16(11-9-15)14(3)19(23)20-21-28(26,27)18-7-5-4-6-17(18)22(24)25/h4-11,13-14,21H,12H2,1-3H3,(H,20,23). The highest BCUT2D eigenvalue weighted by molar-refractivity contribution is 7.89. The molecule has 0 saturated carbocycles. The zero-order chi connectivity index (χ0) is 20.9. The van der Waals surface area contributed by atoms with Gasteiger partial charge in [0.2, 0.25) is 5.91 Å². The lowest BCUT2D eigenvalue weighted by molar-refractivity contribution is -0.387. The lowest BCUT2D eigenvalue weighted by atomic mass is 9.96. The van der Waals surface area contributed by atoms with Crippen molar-refractivity contribution < 1.29 is 18.1 Å². The van der Waals surface area contributed by atoms with Gasteiger partial charge in [-0.2, -0.15) is 0 Å². The first kappa shape index (κ1) is 21.5. The molecule has 1 amide bonds. The van der Waals surface area contributed by atoms with Gasteiger partial charge in [0.15, 0.2) is 4.90 Å². The SMILES string of the molecule is CC(C)Cc1ccc(C(C)C(=O)NNS(=O)(=O)c2ccccc2[N+](=O)[O-])cc1. The molecule has 0 aliphatic rings. The predicted octanol–water partition coefficient (Wildman–Crippen LogP) is 2.91. The molecule has 28 heavy (non-hydrogen) atoms. The molecule has 0 fully saturated rings. The van der Waals surface area contributed by atoms with Crippen molar-refractivity contribution in [1.82, 2.24) is 10.3 Å². The predicted molar refractivity (Wildman–Crippen MR) is 105 cm³/mol. The van der Waals surface area contributed by atoms with Crippen LogP contribution in [-0.4, -0.2) is 19.2 Å². The number of nitrogens with zero attached hydrogens (tertiary/aromatic N) is 1. The van der Waals surface area contributed by atoms with Gasteiger partial charge in [-0.25, -0.2) is 8.42 Å². The highest BCUT2D eigenvalue weighted by atomic mass is 32.2. The highest BCUT2D eigenvalue weighted by Crippen LogP contribution is 2.22. The molecule has 0 bridgehead atoms. The summed E-state index contributed by atoms with van der Waals surface area (Å²) < 4.78 is 24.7. The van der Waals surface area contributed by atoms with Crippen molar-refractivity contribution in [2.24, 2.45) is 5.92 Å². The van der Waals surface area contributed by atoms with E-state index in [4.69, 9.17) is 0 Å². The second-order valence-electron chi connectivity index (χ2n) is 6.88. The quantitative estimate of drug-likeness (QED) is 0.517. The van der Waals surface area contributed by atoms with Crippen molar-refractivity contribution in [3.63, 3.8) is 0 Å². The molecular weight excluding hydrogens is 382 g/mol. The van der Waals surface area contributed by atoms with Gasteiger partial charge in [0.25, 0.3) is 15.7 Å². The van der Waals surface area contributed by atoms with Crippen molar-refractivity contribution >= 4 is 21.6 Å². The molecule has 0 heterocycles. The molecule has 9 heteroatoms. The van der Waals surface area contributed by atoms with E-state index in [0.717, 1.165) is 29.7 Å². The zero-order valence-electron chi connectivity index (χ0n) is 15.9. The summed E-state index contributed by atoms with van der Waals surface area (Å²) in [6.45, 7) is 5.88. The van der Waals surface area contributed by atoms with Gasteiger partial charge in [-0.1, -0.05) is 50.2 Å². The lowest BCUT2D eigenvalue weighted by Crippen LogP contribution is -2.43. The van der Waals surface area contributed by atoms with E-state index in [9.17, 15) is 23.3 Å². The Morgan fingerprint density at radius 3 is 2.25 bits per heavy atom. The van der Waals surface area contributed by atoms with Crippen molar-refractivity contribution in [3.8, 4) is 0 Å². The fourth-order valence-corrected chi connectivity index (χ4v) is 3.70. The Morgan fingerprint density at radius 1 is 1.07 bits per heavy atom. The second-order valence-corrected chi connectivity index (χ2v) is 8.53. The smallest absolute Gasteiger partial charge is 0.277 e. The minimum atomic E-state index is -4.29. The number of sulfonamides is 1. The van der Waals surface area contributed by atoms with Crippen LogP contribution in [-0.2, 0) is 21.2 Å². The first-order valence-corrected chi connectivity index (χ1v) is 10.2. The Labute approximate surface area is 164 Å². The van der Waals surface area contributed by atoms with Crippen LogP contribution < -0.4 is 10.3 Å². The number of hydrogen-bond donors (Lipinski definition) is 2. The van der Waals surface area contributed by atoms with Crippen LogP contribution in [0.3, 0.4) is 0 Å². The number of nitrogens with one attached hydrogen (secondary N) is 2. The third-order valence-electron chi connectivity index (χ3n) is 4.18. The van der Waals surface area contributed by atoms with E-state index in [-0.39, 0.29) is 0 Å². The summed E-state index contributed by atoms with van der Waals surface area (Å²) in [6.07, 6.45) is 0.927. The van der Waals surface area contributed by atoms with Crippen molar-refractivity contribution in [2.75, 3.05) is 0 Å². The molecule has 150 valence electrons.